The molecule has 1 N–H and O–H groups in total. The molecule has 3 heteroatoms. The van der Waals surface area contributed by atoms with E-state index in [9.17, 15) is 14.7 Å². The molecular weight excluding hydrogens is 240 g/mol. The fourth-order valence-electron chi connectivity index (χ4n) is 2.22. The minimum absolute atomic E-state index is 0.109. The number of hydrogen-bond donors (Lipinski definition) is 1. The third-order valence-electron chi connectivity index (χ3n) is 3.14. The van der Waals surface area contributed by atoms with Gasteiger partial charge in [-0.15, -0.1) is 0 Å². The van der Waals surface area contributed by atoms with Crippen LogP contribution in [0.3, 0.4) is 0 Å². The van der Waals surface area contributed by atoms with Crippen molar-refractivity contribution in [3.05, 3.63) is 35.9 Å². The Morgan fingerprint density at radius 2 is 1.47 bits per heavy atom. The first-order valence-corrected chi connectivity index (χ1v) is 6.75. The van der Waals surface area contributed by atoms with Gasteiger partial charge in [-0.2, -0.15) is 0 Å². The Kier molecular flexibility index (Phi) is 5.90. The van der Waals surface area contributed by atoms with Gasteiger partial charge in [0.25, 0.3) is 0 Å². The quantitative estimate of drug-likeness (QED) is 0.833. The first-order valence-electron chi connectivity index (χ1n) is 6.75. The zero-order valence-electron chi connectivity index (χ0n) is 11.7. The molecule has 2 rings (SSSR count). The molecular formula is C16H22O3. The van der Waals surface area contributed by atoms with Gasteiger partial charge in [0.2, 0.25) is 0 Å². The molecule has 0 aliphatic heterocycles. The lowest BCUT2D eigenvalue weighted by molar-refractivity contribution is -0.114. The fourth-order valence-corrected chi connectivity index (χ4v) is 2.22. The maximum Gasteiger partial charge on any atom is 0.194 e. The van der Waals surface area contributed by atoms with Crippen molar-refractivity contribution in [1.29, 1.82) is 0 Å². The summed E-state index contributed by atoms with van der Waals surface area (Å²) in [5.74, 6) is 0.0581. The van der Waals surface area contributed by atoms with Gasteiger partial charge in [0.1, 0.15) is 11.4 Å². The van der Waals surface area contributed by atoms with Crippen LogP contribution in [-0.2, 0) is 4.79 Å². The van der Waals surface area contributed by atoms with E-state index in [4.69, 9.17) is 0 Å². The molecule has 1 aliphatic rings. The number of carbonyl (C=O) groups is 2. The molecule has 1 saturated carbocycles. The third-order valence-corrected chi connectivity index (χ3v) is 3.14. The van der Waals surface area contributed by atoms with E-state index >= 15 is 0 Å². The average molecular weight is 262 g/mol. The first-order chi connectivity index (χ1) is 8.96. The van der Waals surface area contributed by atoms with Crippen LogP contribution in [-0.4, -0.2) is 22.3 Å². The van der Waals surface area contributed by atoms with E-state index in [1.807, 2.05) is 18.2 Å². The summed E-state index contributed by atoms with van der Waals surface area (Å²) in [5, 5.41) is 10.2. The Bertz CT molecular complexity index is 413. The van der Waals surface area contributed by atoms with Crippen molar-refractivity contribution in [2.45, 2.75) is 51.6 Å². The summed E-state index contributed by atoms with van der Waals surface area (Å²) < 4.78 is 0. The van der Waals surface area contributed by atoms with Crippen molar-refractivity contribution >= 4 is 11.6 Å². The highest BCUT2D eigenvalue weighted by Crippen LogP contribution is 2.30. The van der Waals surface area contributed by atoms with Gasteiger partial charge in [-0.1, -0.05) is 49.6 Å². The van der Waals surface area contributed by atoms with Gasteiger partial charge < -0.3 is 9.90 Å². The van der Waals surface area contributed by atoms with E-state index in [-0.39, 0.29) is 11.6 Å². The topological polar surface area (TPSA) is 54.4 Å². The Labute approximate surface area is 114 Å². The molecule has 1 aromatic carbocycles. The second-order valence-corrected chi connectivity index (χ2v) is 5.20. The molecule has 0 unspecified atom stereocenters. The number of hydrogen-bond acceptors (Lipinski definition) is 3. The normalized spacial score (nSPS) is 17.0. The van der Waals surface area contributed by atoms with E-state index in [2.05, 4.69) is 0 Å². The molecule has 1 aromatic rings. The number of benzene rings is 1. The van der Waals surface area contributed by atoms with Crippen LogP contribution in [0.1, 0.15) is 56.3 Å². The SMILES string of the molecule is CC(C)=O.O=C(c1ccccc1)C1(O)CCCCC1. The second-order valence-electron chi connectivity index (χ2n) is 5.20. The van der Waals surface area contributed by atoms with Crippen molar-refractivity contribution in [3.8, 4) is 0 Å². The molecule has 19 heavy (non-hydrogen) atoms. The van der Waals surface area contributed by atoms with Crippen LogP contribution in [0.4, 0.5) is 0 Å². The fraction of sp³-hybridized carbons (Fsp3) is 0.500. The van der Waals surface area contributed by atoms with Crippen LogP contribution in [0.15, 0.2) is 30.3 Å². The smallest absolute Gasteiger partial charge is 0.194 e. The lowest BCUT2D eigenvalue weighted by Crippen LogP contribution is -2.40. The van der Waals surface area contributed by atoms with E-state index in [0.29, 0.717) is 18.4 Å². The molecule has 0 atom stereocenters. The maximum atomic E-state index is 12.1. The van der Waals surface area contributed by atoms with Gasteiger partial charge >= 0.3 is 0 Å². The highest BCUT2D eigenvalue weighted by molar-refractivity contribution is 6.02. The molecule has 0 spiro atoms. The van der Waals surface area contributed by atoms with Crippen LogP contribution in [0.5, 0.6) is 0 Å². The first kappa shape index (κ1) is 15.6. The zero-order valence-corrected chi connectivity index (χ0v) is 11.7. The Morgan fingerprint density at radius 3 is 1.95 bits per heavy atom. The number of carbonyl (C=O) groups excluding carboxylic acids is 2. The van der Waals surface area contributed by atoms with Crippen molar-refractivity contribution in [2.75, 3.05) is 0 Å². The summed E-state index contributed by atoms with van der Waals surface area (Å²) in [4.78, 5) is 21.5. The van der Waals surface area contributed by atoms with Gasteiger partial charge in [-0.25, -0.2) is 0 Å². The van der Waals surface area contributed by atoms with Gasteiger partial charge in [0.15, 0.2) is 5.78 Å². The molecule has 0 amide bonds. The summed E-state index contributed by atoms with van der Waals surface area (Å²) in [5.41, 5.74) is -0.471. The number of ketones is 2. The molecule has 0 aromatic heterocycles. The predicted octanol–water partition coefficient (Wildman–Crippen LogP) is 3.16. The van der Waals surface area contributed by atoms with E-state index in [1.165, 1.54) is 13.8 Å². The van der Waals surface area contributed by atoms with Crippen LogP contribution < -0.4 is 0 Å². The summed E-state index contributed by atoms with van der Waals surface area (Å²) in [6.45, 7) is 3.06. The largest absolute Gasteiger partial charge is 0.382 e. The maximum absolute atomic E-state index is 12.1. The molecule has 1 fully saturated rings. The Morgan fingerprint density at radius 1 is 1.00 bits per heavy atom. The third kappa shape index (κ3) is 4.95. The summed E-state index contributed by atoms with van der Waals surface area (Å²) in [7, 11) is 0. The summed E-state index contributed by atoms with van der Waals surface area (Å²) in [6, 6.07) is 9.09. The molecule has 1 aliphatic carbocycles. The Balaban J connectivity index is 0.000000399. The molecule has 0 saturated heterocycles. The van der Waals surface area contributed by atoms with Gasteiger partial charge in [0.05, 0.1) is 0 Å². The zero-order chi connectivity index (χ0) is 14.3. The van der Waals surface area contributed by atoms with E-state index in [1.54, 1.807) is 12.1 Å². The number of Topliss-reactive ketones (excluding diaryl/α,β-unsaturated/α-hetero) is 2. The molecule has 0 radical (unpaired) electrons. The minimum atomic E-state index is -1.10. The monoisotopic (exact) mass is 262 g/mol. The van der Waals surface area contributed by atoms with E-state index < -0.39 is 5.60 Å². The average Bonchev–Trinajstić information content (AvgIpc) is 2.39. The van der Waals surface area contributed by atoms with Crippen LogP contribution in [0.25, 0.3) is 0 Å². The van der Waals surface area contributed by atoms with Crippen molar-refractivity contribution < 1.29 is 14.7 Å². The van der Waals surface area contributed by atoms with Crippen LogP contribution in [0, 0.1) is 0 Å². The van der Waals surface area contributed by atoms with Crippen molar-refractivity contribution in [3.63, 3.8) is 0 Å². The van der Waals surface area contributed by atoms with Crippen LogP contribution in [0.2, 0.25) is 0 Å². The lowest BCUT2D eigenvalue weighted by atomic mass is 9.79. The lowest BCUT2D eigenvalue weighted by Gasteiger charge is -2.30. The standard InChI is InChI=1S/C13H16O2.C3H6O/c14-12(11-7-3-1-4-8-11)13(15)9-5-2-6-10-13;1-3(2)4/h1,3-4,7-8,15H,2,5-6,9-10H2;1-2H3. The van der Waals surface area contributed by atoms with Gasteiger partial charge in [-0.3, -0.25) is 4.79 Å². The van der Waals surface area contributed by atoms with Crippen LogP contribution >= 0.6 is 0 Å². The van der Waals surface area contributed by atoms with Crippen molar-refractivity contribution in [2.24, 2.45) is 0 Å². The highest BCUT2D eigenvalue weighted by Gasteiger charge is 2.37. The molecule has 3 nitrogen and oxygen atoms in total. The number of aliphatic hydroxyl groups is 1. The second kappa shape index (κ2) is 7.19. The number of rotatable bonds is 2. The Hall–Kier alpha value is -1.48. The molecule has 0 bridgehead atoms. The van der Waals surface area contributed by atoms with Crippen molar-refractivity contribution in [1.82, 2.24) is 0 Å². The van der Waals surface area contributed by atoms with Gasteiger partial charge in [0, 0.05) is 5.56 Å². The van der Waals surface area contributed by atoms with Gasteiger partial charge in [-0.05, 0) is 26.7 Å². The summed E-state index contributed by atoms with van der Waals surface area (Å²) >= 11 is 0. The molecule has 0 heterocycles. The molecule has 104 valence electrons. The predicted molar refractivity (Wildman–Crippen MR) is 75.2 cm³/mol. The highest BCUT2D eigenvalue weighted by atomic mass is 16.3. The summed E-state index contributed by atoms with van der Waals surface area (Å²) in [6.07, 6.45) is 4.26. The minimum Gasteiger partial charge on any atom is -0.382 e. The van der Waals surface area contributed by atoms with E-state index in [0.717, 1.165) is 19.3 Å².